The van der Waals surface area contributed by atoms with Gasteiger partial charge in [0.2, 0.25) is 5.91 Å². The van der Waals surface area contributed by atoms with Gasteiger partial charge in [0, 0.05) is 32.5 Å². The minimum atomic E-state index is 0.0872. The number of hydrogen-bond donors (Lipinski definition) is 1. The van der Waals surface area contributed by atoms with Gasteiger partial charge in [-0.05, 0) is 18.3 Å². The van der Waals surface area contributed by atoms with E-state index in [0.29, 0.717) is 31.1 Å². The van der Waals surface area contributed by atoms with Crippen LogP contribution in [0.1, 0.15) is 46.0 Å². The van der Waals surface area contributed by atoms with Crippen molar-refractivity contribution in [2.75, 3.05) is 26.8 Å². The lowest BCUT2D eigenvalue weighted by Gasteiger charge is -2.40. The molecule has 1 atom stereocenters. The largest absolute Gasteiger partial charge is 0.393 e. The van der Waals surface area contributed by atoms with Gasteiger partial charge >= 0.3 is 0 Å². The number of thiocarbonyl (C=S) groups is 1. The number of carbonyl (C=O) groups is 1. The van der Waals surface area contributed by atoms with Crippen LogP contribution in [0.2, 0.25) is 0 Å². The van der Waals surface area contributed by atoms with Gasteiger partial charge in [-0.2, -0.15) is 0 Å². The van der Waals surface area contributed by atoms with Crippen LogP contribution in [-0.2, 0) is 9.53 Å². The summed E-state index contributed by atoms with van der Waals surface area (Å²) in [6.45, 7) is 6.18. The molecule has 0 radical (unpaired) electrons. The molecule has 1 fully saturated rings. The molecule has 0 aromatic heterocycles. The quantitative estimate of drug-likeness (QED) is 0.733. The zero-order valence-corrected chi connectivity index (χ0v) is 13.8. The molecule has 0 spiro atoms. The van der Waals surface area contributed by atoms with Crippen LogP contribution in [0, 0.1) is 11.3 Å². The highest BCUT2D eigenvalue weighted by Crippen LogP contribution is 2.41. The molecule has 1 amide bonds. The Morgan fingerprint density at radius 2 is 2.10 bits per heavy atom. The summed E-state index contributed by atoms with van der Waals surface area (Å²) in [7, 11) is 1.65. The van der Waals surface area contributed by atoms with Gasteiger partial charge in [0.15, 0.2) is 0 Å². The molecule has 0 bridgehead atoms. The third kappa shape index (κ3) is 5.02. The molecule has 0 aromatic rings. The van der Waals surface area contributed by atoms with Gasteiger partial charge in [-0.1, -0.05) is 38.9 Å². The van der Waals surface area contributed by atoms with Crippen LogP contribution in [0.15, 0.2) is 0 Å². The molecule has 5 heteroatoms. The number of hydrogen-bond acceptors (Lipinski definition) is 3. The van der Waals surface area contributed by atoms with Crippen LogP contribution in [-0.4, -0.2) is 42.6 Å². The molecule has 1 aliphatic rings. The molecule has 20 heavy (non-hydrogen) atoms. The topological polar surface area (TPSA) is 55.6 Å². The first-order valence-corrected chi connectivity index (χ1v) is 7.85. The smallest absolute Gasteiger partial charge is 0.226 e. The first-order valence-electron chi connectivity index (χ1n) is 7.44. The second kappa shape index (κ2) is 7.93. The zero-order valence-electron chi connectivity index (χ0n) is 13.0. The Hall–Kier alpha value is -0.680. The summed E-state index contributed by atoms with van der Waals surface area (Å²) < 4.78 is 5.11. The normalized spacial score (nSPS) is 21.4. The Balaban J connectivity index is 2.71. The van der Waals surface area contributed by atoms with Crippen molar-refractivity contribution in [1.82, 2.24) is 4.90 Å². The number of methoxy groups -OCH3 is 1. The lowest BCUT2D eigenvalue weighted by atomic mass is 9.68. The minimum Gasteiger partial charge on any atom is -0.393 e. The van der Waals surface area contributed by atoms with Gasteiger partial charge in [-0.25, -0.2) is 0 Å². The Morgan fingerprint density at radius 1 is 1.40 bits per heavy atom. The van der Waals surface area contributed by atoms with E-state index in [9.17, 15) is 4.79 Å². The number of carbonyl (C=O) groups excluding carboxylic acids is 1. The number of nitrogens with zero attached hydrogens (tertiary/aromatic N) is 1. The van der Waals surface area contributed by atoms with Gasteiger partial charge in [-0.3, -0.25) is 4.79 Å². The Labute approximate surface area is 128 Å². The van der Waals surface area contributed by atoms with Crippen molar-refractivity contribution in [1.29, 1.82) is 0 Å². The highest BCUT2D eigenvalue weighted by molar-refractivity contribution is 7.80. The van der Waals surface area contributed by atoms with Gasteiger partial charge in [0.1, 0.15) is 0 Å². The van der Waals surface area contributed by atoms with Gasteiger partial charge in [0.05, 0.1) is 11.6 Å². The van der Waals surface area contributed by atoms with Crippen LogP contribution >= 0.6 is 12.2 Å². The van der Waals surface area contributed by atoms with Crippen molar-refractivity contribution in [2.24, 2.45) is 17.1 Å². The standard InChI is InChI=1S/C15H28N2O2S/c1-15(2)8-5-4-6-12(15)14(18)17(10-11-19-3)9-7-13(16)20/h12H,4-11H2,1-3H3,(H2,16,20). The second-order valence-electron chi connectivity index (χ2n) is 6.32. The maximum atomic E-state index is 12.8. The van der Waals surface area contributed by atoms with Crippen LogP contribution in [0.5, 0.6) is 0 Å². The Kier molecular flexibility index (Phi) is 6.89. The summed E-state index contributed by atoms with van der Waals surface area (Å²) in [6, 6.07) is 0. The predicted molar refractivity (Wildman–Crippen MR) is 85.6 cm³/mol. The predicted octanol–water partition coefficient (Wildman–Crippen LogP) is 2.35. The number of rotatable bonds is 7. The van der Waals surface area contributed by atoms with Crippen molar-refractivity contribution in [3.05, 3.63) is 0 Å². The van der Waals surface area contributed by atoms with Gasteiger partial charge in [0.25, 0.3) is 0 Å². The molecular formula is C15H28N2O2S. The van der Waals surface area contributed by atoms with E-state index in [1.54, 1.807) is 7.11 Å². The molecule has 1 rings (SSSR count). The minimum absolute atomic E-state index is 0.0872. The van der Waals surface area contributed by atoms with Crippen LogP contribution in [0.4, 0.5) is 0 Å². The zero-order chi connectivity index (χ0) is 15.2. The summed E-state index contributed by atoms with van der Waals surface area (Å²) >= 11 is 4.92. The summed E-state index contributed by atoms with van der Waals surface area (Å²) in [6.07, 6.45) is 5.06. The van der Waals surface area contributed by atoms with E-state index in [0.717, 1.165) is 19.3 Å². The maximum Gasteiger partial charge on any atom is 0.226 e. The van der Waals surface area contributed by atoms with Crippen molar-refractivity contribution in [3.63, 3.8) is 0 Å². The third-order valence-electron chi connectivity index (χ3n) is 4.31. The fourth-order valence-corrected chi connectivity index (χ4v) is 3.04. The molecule has 1 aliphatic carbocycles. The first kappa shape index (κ1) is 17.4. The Bertz CT molecular complexity index is 345. The molecular weight excluding hydrogens is 272 g/mol. The van der Waals surface area contributed by atoms with E-state index in [-0.39, 0.29) is 17.2 Å². The van der Waals surface area contributed by atoms with E-state index in [1.165, 1.54) is 6.42 Å². The van der Waals surface area contributed by atoms with Crippen molar-refractivity contribution >= 4 is 23.1 Å². The van der Waals surface area contributed by atoms with E-state index in [2.05, 4.69) is 13.8 Å². The van der Waals surface area contributed by atoms with Crippen molar-refractivity contribution < 1.29 is 9.53 Å². The highest BCUT2D eigenvalue weighted by Gasteiger charge is 2.38. The summed E-state index contributed by atoms with van der Waals surface area (Å²) in [5.74, 6) is 0.349. The fraction of sp³-hybridized carbons (Fsp3) is 0.867. The lowest BCUT2D eigenvalue weighted by molar-refractivity contribution is -0.141. The average molecular weight is 300 g/mol. The van der Waals surface area contributed by atoms with E-state index in [4.69, 9.17) is 22.7 Å². The molecule has 0 heterocycles. The molecule has 2 N–H and O–H groups in total. The molecule has 0 aromatic carbocycles. The van der Waals surface area contributed by atoms with E-state index >= 15 is 0 Å². The number of nitrogens with two attached hydrogens (primary N) is 1. The van der Waals surface area contributed by atoms with Crippen LogP contribution in [0.25, 0.3) is 0 Å². The van der Waals surface area contributed by atoms with E-state index < -0.39 is 0 Å². The summed E-state index contributed by atoms with van der Waals surface area (Å²) in [4.78, 5) is 15.2. The molecule has 0 aliphatic heterocycles. The summed E-state index contributed by atoms with van der Waals surface area (Å²) in [5, 5.41) is 0. The highest BCUT2D eigenvalue weighted by atomic mass is 32.1. The van der Waals surface area contributed by atoms with Gasteiger partial charge in [-0.15, -0.1) is 0 Å². The molecule has 116 valence electrons. The van der Waals surface area contributed by atoms with Crippen LogP contribution in [0.3, 0.4) is 0 Å². The maximum absolute atomic E-state index is 12.8. The Morgan fingerprint density at radius 3 is 2.65 bits per heavy atom. The van der Waals surface area contributed by atoms with E-state index in [1.807, 2.05) is 4.90 Å². The fourth-order valence-electron chi connectivity index (χ4n) is 2.95. The molecule has 4 nitrogen and oxygen atoms in total. The average Bonchev–Trinajstić information content (AvgIpc) is 2.37. The monoisotopic (exact) mass is 300 g/mol. The molecule has 1 saturated carbocycles. The summed E-state index contributed by atoms with van der Waals surface area (Å²) in [5.41, 5.74) is 5.65. The van der Waals surface area contributed by atoms with Crippen molar-refractivity contribution in [3.8, 4) is 0 Å². The van der Waals surface area contributed by atoms with Crippen LogP contribution < -0.4 is 5.73 Å². The molecule has 1 unspecified atom stereocenters. The second-order valence-corrected chi connectivity index (χ2v) is 6.85. The lowest BCUT2D eigenvalue weighted by Crippen LogP contribution is -2.45. The van der Waals surface area contributed by atoms with Gasteiger partial charge < -0.3 is 15.4 Å². The number of amides is 1. The molecule has 0 saturated heterocycles. The third-order valence-corrected chi connectivity index (χ3v) is 4.51. The SMILES string of the molecule is COCCN(CCC(N)=S)C(=O)C1CCCCC1(C)C. The van der Waals surface area contributed by atoms with Crippen molar-refractivity contribution in [2.45, 2.75) is 46.0 Å². The first-order chi connectivity index (χ1) is 9.38. The number of ether oxygens (including phenoxy) is 1.